The number of ketones is 1. The molecule has 8 heteroatoms. The normalized spacial score (nSPS) is 21.5. The molecule has 6 rings (SSSR count). The Labute approximate surface area is 255 Å². The number of carbonyl (C=O) groups is 4. The first-order chi connectivity index (χ1) is 21.0. The van der Waals surface area contributed by atoms with E-state index in [1.807, 2.05) is 26.8 Å². The number of ether oxygens (including phenoxy) is 1. The Bertz CT molecular complexity index is 1800. The molecule has 0 bridgehead atoms. The largest absolute Gasteiger partial charge is 0.503 e. The number of hydrogen-bond acceptors (Lipinski definition) is 6. The number of Topliss-reactive ketones (excluding diaryl/α,β-unsaturated/α-hetero) is 1. The summed E-state index contributed by atoms with van der Waals surface area (Å²) in [5.74, 6) is -2.02. The van der Waals surface area contributed by atoms with Crippen LogP contribution in [0.1, 0.15) is 37.8 Å². The number of aldehydes is 1. The minimum atomic E-state index is -2.12. The summed E-state index contributed by atoms with van der Waals surface area (Å²) >= 11 is 0. The van der Waals surface area contributed by atoms with Crippen molar-refractivity contribution in [2.75, 3.05) is 16.9 Å². The topological polar surface area (TPSA) is 104 Å². The summed E-state index contributed by atoms with van der Waals surface area (Å²) < 4.78 is 5.33. The maximum Gasteiger partial charge on any atom is 0.295 e. The Hall–Kier alpha value is -5.24. The van der Waals surface area contributed by atoms with Gasteiger partial charge in [-0.05, 0) is 66.8 Å². The molecule has 44 heavy (non-hydrogen) atoms. The van der Waals surface area contributed by atoms with Crippen molar-refractivity contribution < 1.29 is 29.0 Å². The average Bonchev–Trinajstić information content (AvgIpc) is 3.38. The highest BCUT2D eigenvalue weighted by Crippen LogP contribution is 2.57. The molecule has 1 unspecified atom stereocenters. The van der Waals surface area contributed by atoms with Crippen LogP contribution in [0.5, 0.6) is 5.75 Å². The fraction of sp³-hybridized carbons (Fsp3) is 0.222. The van der Waals surface area contributed by atoms with Crippen molar-refractivity contribution in [1.82, 2.24) is 0 Å². The smallest absolute Gasteiger partial charge is 0.295 e. The molecule has 2 aliphatic heterocycles. The molecular formula is C36H32N2O6. The van der Waals surface area contributed by atoms with Gasteiger partial charge in [-0.15, -0.1) is 0 Å². The Morgan fingerprint density at radius 1 is 0.886 bits per heavy atom. The fourth-order valence-corrected chi connectivity index (χ4v) is 6.62. The minimum Gasteiger partial charge on any atom is -0.503 e. The highest BCUT2D eigenvalue weighted by atomic mass is 16.5. The number of carbonyl (C=O) groups excluding carboxylic acids is 4. The van der Waals surface area contributed by atoms with Crippen LogP contribution in [0.3, 0.4) is 0 Å². The van der Waals surface area contributed by atoms with Gasteiger partial charge in [-0.1, -0.05) is 61.9 Å². The lowest BCUT2D eigenvalue weighted by molar-refractivity contribution is -0.125. The zero-order valence-corrected chi connectivity index (χ0v) is 25.0. The van der Waals surface area contributed by atoms with E-state index in [2.05, 4.69) is 0 Å². The van der Waals surface area contributed by atoms with Gasteiger partial charge in [-0.25, -0.2) is 0 Å². The van der Waals surface area contributed by atoms with E-state index in [0.29, 0.717) is 41.1 Å². The molecule has 3 aromatic carbocycles. The zero-order valence-electron chi connectivity index (χ0n) is 25.0. The van der Waals surface area contributed by atoms with Crippen LogP contribution in [0, 0.1) is 12.3 Å². The monoisotopic (exact) mass is 588 g/mol. The Balaban J connectivity index is 1.70. The van der Waals surface area contributed by atoms with Gasteiger partial charge in [0.15, 0.2) is 23.4 Å². The summed E-state index contributed by atoms with van der Waals surface area (Å²) in [4.78, 5) is 59.3. The fourth-order valence-electron chi connectivity index (χ4n) is 6.62. The average molecular weight is 589 g/mol. The first-order valence-corrected chi connectivity index (χ1v) is 14.4. The summed E-state index contributed by atoms with van der Waals surface area (Å²) in [5.41, 5.74) is -0.0750. The third-order valence-corrected chi connectivity index (χ3v) is 8.50. The van der Waals surface area contributed by atoms with Crippen molar-refractivity contribution >= 4 is 41.3 Å². The number of nitrogens with zero attached hydrogens (tertiary/aromatic N) is 2. The van der Waals surface area contributed by atoms with Crippen molar-refractivity contribution in [3.63, 3.8) is 0 Å². The van der Waals surface area contributed by atoms with E-state index in [1.165, 1.54) is 23.0 Å². The Morgan fingerprint density at radius 2 is 1.52 bits per heavy atom. The number of anilines is 2. The van der Waals surface area contributed by atoms with Gasteiger partial charge >= 0.3 is 0 Å². The number of aliphatic hydroxyl groups is 1. The highest BCUT2D eigenvalue weighted by Gasteiger charge is 2.69. The number of fused-ring (bicyclic) bond motifs is 1. The van der Waals surface area contributed by atoms with Crippen molar-refractivity contribution in [2.45, 2.75) is 39.2 Å². The van der Waals surface area contributed by atoms with Crippen molar-refractivity contribution in [3.8, 4) is 5.75 Å². The van der Waals surface area contributed by atoms with Crippen molar-refractivity contribution in [3.05, 3.63) is 118 Å². The number of allylic oxidation sites excluding steroid dienone is 1. The van der Waals surface area contributed by atoms with Crippen LogP contribution in [-0.2, 0) is 19.2 Å². The zero-order chi connectivity index (χ0) is 31.4. The number of rotatable bonds is 6. The van der Waals surface area contributed by atoms with Gasteiger partial charge in [0.2, 0.25) is 0 Å². The number of aliphatic hydroxyl groups excluding tert-OH is 1. The molecule has 3 aromatic rings. The SMILES string of the molecule is COc1ccc(N2C(=O)C3(C(C(C=O)=Cc4ccccc4)=C(O)C(=O)N3c3ccc(C)cc3)C3=C2CC(C)(C)CC3=O)cc1. The van der Waals surface area contributed by atoms with Crippen LogP contribution in [-0.4, -0.2) is 41.6 Å². The van der Waals surface area contributed by atoms with Crippen LogP contribution in [0.25, 0.3) is 6.08 Å². The van der Waals surface area contributed by atoms with Crippen LogP contribution in [0.4, 0.5) is 11.4 Å². The molecule has 0 radical (unpaired) electrons. The second kappa shape index (κ2) is 10.5. The van der Waals surface area contributed by atoms with Gasteiger partial charge in [-0.3, -0.25) is 29.0 Å². The van der Waals surface area contributed by atoms with Gasteiger partial charge in [0.1, 0.15) is 5.75 Å². The Morgan fingerprint density at radius 3 is 2.14 bits per heavy atom. The maximum atomic E-state index is 15.3. The molecular weight excluding hydrogens is 556 g/mol. The molecule has 0 fully saturated rings. The number of methoxy groups -OCH3 is 1. The molecule has 2 heterocycles. The summed E-state index contributed by atoms with van der Waals surface area (Å²) in [7, 11) is 1.54. The second-order valence-corrected chi connectivity index (χ2v) is 12.1. The van der Waals surface area contributed by atoms with Crippen LogP contribution in [0.2, 0.25) is 0 Å². The van der Waals surface area contributed by atoms with Crippen LogP contribution < -0.4 is 14.5 Å². The van der Waals surface area contributed by atoms with Gasteiger partial charge < -0.3 is 9.84 Å². The number of amides is 2. The lowest BCUT2D eigenvalue weighted by atomic mass is 9.69. The summed E-state index contributed by atoms with van der Waals surface area (Å²) in [6.07, 6.45) is 2.50. The molecule has 1 aliphatic carbocycles. The van der Waals surface area contributed by atoms with Crippen LogP contribution >= 0.6 is 0 Å². The molecule has 2 amide bonds. The molecule has 0 saturated heterocycles. The highest BCUT2D eigenvalue weighted by molar-refractivity contribution is 6.31. The van der Waals surface area contributed by atoms with Gasteiger partial charge in [-0.2, -0.15) is 0 Å². The molecule has 0 saturated carbocycles. The summed E-state index contributed by atoms with van der Waals surface area (Å²) in [6.45, 7) is 5.79. The first-order valence-electron chi connectivity index (χ1n) is 14.4. The van der Waals surface area contributed by atoms with Gasteiger partial charge in [0.05, 0.1) is 18.3 Å². The van der Waals surface area contributed by atoms with Crippen molar-refractivity contribution in [2.24, 2.45) is 5.41 Å². The van der Waals surface area contributed by atoms with E-state index < -0.39 is 28.5 Å². The summed E-state index contributed by atoms with van der Waals surface area (Å²) in [6, 6.07) is 22.7. The van der Waals surface area contributed by atoms with Gasteiger partial charge in [0.25, 0.3) is 11.8 Å². The predicted octanol–water partition coefficient (Wildman–Crippen LogP) is 5.87. The molecule has 1 N–H and O–H groups in total. The number of hydrogen-bond donors (Lipinski definition) is 1. The third-order valence-electron chi connectivity index (χ3n) is 8.50. The van der Waals surface area contributed by atoms with E-state index in [4.69, 9.17) is 4.74 Å². The van der Waals surface area contributed by atoms with E-state index in [9.17, 15) is 19.5 Å². The lowest BCUT2D eigenvalue weighted by Crippen LogP contribution is -2.58. The summed E-state index contributed by atoms with van der Waals surface area (Å²) in [5, 5.41) is 11.6. The lowest BCUT2D eigenvalue weighted by Gasteiger charge is -2.38. The van der Waals surface area contributed by atoms with Crippen LogP contribution in [0.15, 0.2) is 107 Å². The second-order valence-electron chi connectivity index (χ2n) is 12.1. The number of benzene rings is 3. The number of aryl methyl sites for hydroxylation is 1. The molecule has 1 spiro atoms. The molecule has 1 atom stereocenters. The van der Waals surface area contributed by atoms with Crippen molar-refractivity contribution in [1.29, 1.82) is 0 Å². The quantitative estimate of drug-likeness (QED) is 0.285. The molecule has 8 nitrogen and oxygen atoms in total. The Kier molecular flexibility index (Phi) is 6.88. The maximum absolute atomic E-state index is 15.3. The molecule has 222 valence electrons. The molecule has 0 aromatic heterocycles. The van der Waals surface area contributed by atoms with Gasteiger partial charge in [0, 0.05) is 29.1 Å². The molecule has 3 aliphatic rings. The predicted molar refractivity (Wildman–Crippen MR) is 167 cm³/mol. The minimum absolute atomic E-state index is 0.0777. The standard InChI is InChI=1S/C36H32N2O6/c1-22-10-12-26(13-11-22)38-33(42)32(41)30(24(21-39)18-23-8-6-5-7-9-23)36(38)31-28(19-35(2,3)20-29(31)40)37(34(36)43)25-14-16-27(44-4)17-15-25/h5-18,21,41H,19-20H2,1-4H3. The first kappa shape index (κ1) is 28.9. The van der Waals surface area contributed by atoms with E-state index in [-0.39, 0.29) is 28.9 Å². The van der Waals surface area contributed by atoms with E-state index in [1.54, 1.807) is 72.8 Å². The van der Waals surface area contributed by atoms with E-state index >= 15 is 4.79 Å². The third kappa shape index (κ3) is 4.28. The van der Waals surface area contributed by atoms with E-state index in [0.717, 1.165) is 5.56 Å².